The number of rotatable bonds is 8. The van der Waals surface area contributed by atoms with Crippen LogP contribution < -0.4 is 14.2 Å². The van der Waals surface area contributed by atoms with Crippen LogP contribution in [0.25, 0.3) is 0 Å². The minimum absolute atomic E-state index is 0.125. The van der Waals surface area contributed by atoms with Crippen molar-refractivity contribution in [2.45, 2.75) is 22.6 Å². The summed E-state index contributed by atoms with van der Waals surface area (Å²) in [4.78, 5) is 17.9. The molecule has 1 unspecified atom stereocenters. The number of aldehydes is 1. The lowest BCUT2D eigenvalue weighted by molar-refractivity contribution is 0.111. The van der Waals surface area contributed by atoms with Crippen LogP contribution in [0.2, 0.25) is 5.02 Å². The van der Waals surface area contributed by atoms with Crippen LogP contribution in [0, 0.1) is 0 Å². The van der Waals surface area contributed by atoms with Gasteiger partial charge in [0.1, 0.15) is 28.4 Å². The van der Waals surface area contributed by atoms with Gasteiger partial charge >= 0.3 is 0 Å². The third-order valence-electron chi connectivity index (χ3n) is 5.62. The molecule has 1 atom stereocenters. The molecule has 9 heteroatoms. The van der Waals surface area contributed by atoms with Crippen molar-refractivity contribution in [3.63, 3.8) is 0 Å². The van der Waals surface area contributed by atoms with E-state index in [2.05, 4.69) is 0 Å². The number of nitrogens with zero attached hydrogens (tertiary/aromatic N) is 2. The summed E-state index contributed by atoms with van der Waals surface area (Å²) in [6, 6.07) is 20.1. The van der Waals surface area contributed by atoms with Gasteiger partial charge in [0.2, 0.25) is 6.79 Å². The summed E-state index contributed by atoms with van der Waals surface area (Å²) in [7, 11) is 1.60. The van der Waals surface area contributed by atoms with Crippen molar-refractivity contribution in [2.24, 2.45) is 0 Å². The third kappa shape index (κ3) is 4.73. The van der Waals surface area contributed by atoms with E-state index in [0.717, 1.165) is 16.9 Å². The normalized spacial score (nSPS) is 13.0. The number of aromatic nitrogens is 2. The number of hydrogen-bond acceptors (Lipinski definition) is 7. The monoisotopic (exact) mass is 508 g/mol. The molecule has 178 valence electrons. The highest BCUT2D eigenvalue weighted by molar-refractivity contribution is 7.99. The predicted octanol–water partition coefficient (Wildman–Crippen LogP) is 5.37. The molecule has 1 aliphatic heterocycles. The third-order valence-corrected chi connectivity index (χ3v) is 6.97. The van der Waals surface area contributed by atoms with Crippen LogP contribution in [0.15, 0.2) is 76.7 Å². The Morgan fingerprint density at radius 2 is 1.86 bits per heavy atom. The van der Waals surface area contributed by atoms with E-state index < -0.39 is 6.10 Å². The molecule has 0 spiro atoms. The first-order chi connectivity index (χ1) is 17.1. The van der Waals surface area contributed by atoms with Crippen LogP contribution in [-0.4, -0.2) is 34.8 Å². The maximum Gasteiger partial charge on any atom is 0.231 e. The van der Waals surface area contributed by atoms with Gasteiger partial charge in [0, 0.05) is 16.0 Å². The Bertz CT molecular complexity index is 1360. The van der Waals surface area contributed by atoms with Crippen molar-refractivity contribution in [3.8, 4) is 17.2 Å². The van der Waals surface area contributed by atoms with Gasteiger partial charge in [-0.3, -0.25) is 4.79 Å². The Hall–Kier alpha value is -3.46. The molecule has 2 heterocycles. The Kier molecular flexibility index (Phi) is 6.68. The van der Waals surface area contributed by atoms with Crippen LogP contribution in [-0.2, 0) is 6.54 Å². The molecule has 7 nitrogen and oxygen atoms in total. The van der Waals surface area contributed by atoms with E-state index in [-0.39, 0.29) is 13.3 Å². The summed E-state index contributed by atoms with van der Waals surface area (Å²) in [6.07, 6.45) is -0.297. The average Bonchev–Trinajstić information content (AvgIpc) is 3.48. The minimum atomic E-state index is -1.05. The number of carbonyl (C=O) groups is 1. The molecule has 3 aromatic carbocycles. The lowest BCUT2D eigenvalue weighted by Crippen LogP contribution is -2.13. The van der Waals surface area contributed by atoms with E-state index in [1.807, 2.05) is 54.6 Å². The lowest BCUT2D eigenvalue weighted by atomic mass is 10.1. The molecule has 0 amide bonds. The van der Waals surface area contributed by atoms with Crippen LogP contribution in [0.1, 0.15) is 33.5 Å². The van der Waals surface area contributed by atoms with Gasteiger partial charge in [-0.2, -0.15) is 0 Å². The van der Waals surface area contributed by atoms with Crippen molar-refractivity contribution in [1.29, 1.82) is 0 Å². The number of ether oxygens (including phenoxy) is 3. The van der Waals surface area contributed by atoms with Gasteiger partial charge in [0.05, 0.1) is 13.7 Å². The summed E-state index contributed by atoms with van der Waals surface area (Å²) in [5, 5.41) is 12.2. The molecule has 0 fully saturated rings. The van der Waals surface area contributed by atoms with Crippen molar-refractivity contribution in [3.05, 3.63) is 94.4 Å². The molecule has 0 saturated carbocycles. The number of halogens is 1. The largest absolute Gasteiger partial charge is 0.497 e. The maximum absolute atomic E-state index is 12.3. The van der Waals surface area contributed by atoms with Crippen molar-refractivity contribution < 1.29 is 24.1 Å². The fourth-order valence-electron chi connectivity index (χ4n) is 3.82. The van der Waals surface area contributed by atoms with Gasteiger partial charge in [-0.15, -0.1) is 0 Å². The Labute approximate surface area is 211 Å². The zero-order valence-corrected chi connectivity index (χ0v) is 20.3. The molecular formula is C26H21ClN2O5S. The van der Waals surface area contributed by atoms with Crippen LogP contribution >= 0.6 is 23.4 Å². The molecule has 5 rings (SSSR count). The Morgan fingerprint density at radius 1 is 1.14 bits per heavy atom. The van der Waals surface area contributed by atoms with Crippen molar-refractivity contribution in [1.82, 2.24) is 9.55 Å². The first kappa shape index (κ1) is 23.3. The zero-order chi connectivity index (χ0) is 24.4. The van der Waals surface area contributed by atoms with Crippen LogP contribution in [0.5, 0.6) is 17.2 Å². The summed E-state index contributed by atoms with van der Waals surface area (Å²) in [5.74, 6) is 2.21. The Balaban J connectivity index is 1.58. The summed E-state index contributed by atoms with van der Waals surface area (Å²) < 4.78 is 17.8. The number of carbonyl (C=O) groups excluding carboxylic acids is 1. The molecule has 0 bridgehead atoms. The molecular weight excluding hydrogens is 488 g/mol. The maximum atomic E-state index is 12.3. The number of benzene rings is 3. The van der Waals surface area contributed by atoms with Gasteiger partial charge in [-0.05, 0) is 41.5 Å². The number of aliphatic hydroxyl groups excluding tert-OH is 1. The Morgan fingerprint density at radius 3 is 2.54 bits per heavy atom. The van der Waals surface area contributed by atoms with E-state index >= 15 is 0 Å². The molecule has 35 heavy (non-hydrogen) atoms. The fraction of sp³-hybridized carbons (Fsp3) is 0.154. The van der Waals surface area contributed by atoms with Gasteiger partial charge in [0.25, 0.3) is 0 Å². The van der Waals surface area contributed by atoms with Crippen LogP contribution in [0.4, 0.5) is 0 Å². The van der Waals surface area contributed by atoms with E-state index in [1.165, 1.54) is 11.8 Å². The second-order valence-electron chi connectivity index (χ2n) is 7.75. The molecule has 1 aromatic heterocycles. The summed E-state index contributed by atoms with van der Waals surface area (Å²) >= 11 is 7.86. The van der Waals surface area contributed by atoms with E-state index in [4.69, 9.17) is 30.8 Å². The topological polar surface area (TPSA) is 82.8 Å². The minimum Gasteiger partial charge on any atom is -0.497 e. The molecule has 1 N–H and O–H groups in total. The lowest BCUT2D eigenvalue weighted by Gasteiger charge is -2.15. The van der Waals surface area contributed by atoms with Gasteiger partial charge in [-0.1, -0.05) is 53.7 Å². The quantitative estimate of drug-likeness (QED) is 0.320. The summed E-state index contributed by atoms with van der Waals surface area (Å²) in [5.41, 5.74) is 1.71. The number of aliphatic hydroxyl groups is 1. The number of fused-ring (bicyclic) bond motifs is 1. The molecule has 0 saturated heterocycles. The van der Waals surface area contributed by atoms with Gasteiger partial charge in [-0.25, -0.2) is 4.98 Å². The average molecular weight is 509 g/mol. The highest BCUT2D eigenvalue weighted by Gasteiger charge is 2.26. The van der Waals surface area contributed by atoms with Gasteiger partial charge < -0.3 is 23.9 Å². The second kappa shape index (κ2) is 10.0. The van der Waals surface area contributed by atoms with E-state index in [1.54, 1.807) is 23.8 Å². The first-order valence-corrected chi connectivity index (χ1v) is 12.0. The van der Waals surface area contributed by atoms with Gasteiger partial charge in [0.15, 0.2) is 17.8 Å². The smallest absolute Gasteiger partial charge is 0.231 e. The predicted molar refractivity (Wildman–Crippen MR) is 132 cm³/mol. The second-order valence-corrected chi connectivity index (χ2v) is 9.22. The standard InChI is InChI=1S/C26H21ClN2O5S/c1-32-18-7-9-19(10-8-18)35-26-21(14-30)29(25(28-26)24(31)16-5-3-2-4-6-16)13-17-11-22-23(12-20(17)27)34-15-33-22/h2-12,14,24,31H,13,15H2,1H3. The molecule has 1 aliphatic rings. The number of hydrogen-bond donors (Lipinski definition) is 1. The van der Waals surface area contributed by atoms with Crippen LogP contribution in [0.3, 0.4) is 0 Å². The highest BCUT2D eigenvalue weighted by Crippen LogP contribution is 2.39. The SMILES string of the molecule is COc1ccc(Sc2nc(C(O)c3ccccc3)n(Cc3cc4c(cc3Cl)OCO4)c2C=O)cc1. The van der Waals surface area contributed by atoms with E-state index in [9.17, 15) is 9.90 Å². The molecule has 0 radical (unpaired) electrons. The number of imidazole rings is 1. The van der Waals surface area contributed by atoms with Crippen molar-refractivity contribution >= 4 is 29.6 Å². The molecule has 0 aliphatic carbocycles. The fourth-order valence-corrected chi connectivity index (χ4v) is 4.93. The molecule has 4 aromatic rings. The first-order valence-electron chi connectivity index (χ1n) is 10.8. The van der Waals surface area contributed by atoms with Crippen molar-refractivity contribution in [2.75, 3.05) is 13.9 Å². The highest BCUT2D eigenvalue weighted by atomic mass is 35.5. The number of methoxy groups -OCH3 is 1. The summed E-state index contributed by atoms with van der Waals surface area (Å²) in [6.45, 7) is 0.333. The van der Waals surface area contributed by atoms with E-state index in [0.29, 0.717) is 44.2 Å². The zero-order valence-electron chi connectivity index (χ0n) is 18.7.